The van der Waals surface area contributed by atoms with Crippen LogP contribution >= 0.6 is 0 Å². The van der Waals surface area contributed by atoms with Gasteiger partial charge in [-0.2, -0.15) is 4.31 Å². The van der Waals surface area contributed by atoms with Gasteiger partial charge in [0.05, 0.1) is 5.75 Å². The lowest BCUT2D eigenvalue weighted by atomic mass is 10.2. The van der Waals surface area contributed by atoms with Gasteiger partial charge in [-0.3, -0.25) is 20.4 Å². The summed E-state index contributed by atoms with van der Waals surface area (Å²) in [5, 5.41) is 0. The van der Waals surface area contributed by atoms with Crippen molar-refractivity contribution in [1.29, 1.82) is 0 Å². The topological polar surface area (TPSA) is 105 Å². The summed E-state index contributed by atoms with van der Waals surface area (Å²) in [6, 6.07) is 4.79. The minimum absolute atomic E-state index is 0.0311. The summed E-state index contributed by atoms with van der Waals surface area (Å²) in [5.74, 6) is -2.02. The zero-order valence-electron chi connectivity index (χ0n) is 15.3. The maximum absolute atomic E-state index is 13.6. The van der Waals surface area contributed by atoms with Crippen LogP contribution in [-0.4, -0.2) is 49.0 Å². The third kappa shape index (κ3) is 5.39. The number of para-hydroxylation sites is 1. The molecule has 1 aliphatic heterocycles. The summed E-state index contributed by atoms with van der Waals surface area (Å²) in [5.41, 5.74) is 4.43. The molecule has 1 aromatic carbocycles. The molecule has 8 nitrogen and oxygen atoms in total. The highest BCUT2D eigenvalue weighted by atomic mass is 32.2. The number of benzene rings is 1. The maximum atomic E-state index is 13.6. The van der Waals surface area contributed by atoms with Crippen LogP contribution in [-0.2, 0) is 19.6 Å². The van der Waals surface area contributed by atoms with Crippen molar-refractivity contribution in [3.05, 3.63) is 30.1 Å². The molecule has 10 heteroatoms. The number of amides is 2. The van der Waals surface area contributed by atoms with Gasteiger partial charge in [0.15, 0.2) is 17.7 Å². The molecule has 2 atom stereocenters. The van der Waals surface area contributed by atoms with E-state index in [0.717, 1.165) is 0 Å². The lowest BCUT2D eigenvalue weighted by molar-refractivity contribution is -0.134. The van der Waals surface area contributed by atoms with Crippen molar-refractivity contribution in [2.75, 3.05) is 12.3 Å². The van der Waals surface area contributed by atoms with E-state index in [-0.39, 0.29) is 18.0 Å². The molecule has 0 spiro atoms. The third-order valence-corrected chi connectivity index (χ3v) is 6.22. The van der Waals surface area contributed by atoms with Crippen LogP contribution in [0.25, 0.3) is 0 Å². The van der Waals surface area contributed by atoms with Crippen molar-refractivity contribution in [2.24, 2.45) is 0 Å². The third-order valence-electron chi connectivity index (χ3n) is 4.14. The molecule has 0 radical (unpaired) electrons. The fourth-order valence-corrected chi connectivity index (χ4v) is 4.55. The second kappa shape index (κ2) is 9.14. The van der Waals surface area contributed by atoms with Gasteiger partial charge in [-0.25, -0.2) is 12.8 Å². The standard InChI is InChI=1S/C17H24FN3O5S/c1-3-11-27(24,25)21-10-6-8-14(21)17(23)20-19-16(22)12(2)26-15-9-5-4-7-13(15)18/h4-5,7,9,12,14H,3,6,8,10-11H2,1-2H3,(H,19,22)(H,20,23). The minimum atomic E-state index is -3.51. The Balaban J connectivity index is 1.90. The number of nitrogens with one attached hydrogen (secondary N) is 2. The molecule has 150 valence electrons. The SMILES string of the molecule is CCCS(=O)(=O)N1CCCC1C(=O)NNC(=O)C(C)Oc1ccccc1F. The first-order chi connectivity index (χ1) is 12.8. The summed E-state index contributed by atoms with van der Waals surface area (Å²) >= 11 is 0. The van der Waals surface area contributed by atoms with Crippen LogP contribution in [0.1, 0.15) is 33.1 Å². The van der Waals surface area contributed by atoms with Crippen LogP contribution in [0.5, 0.6) is 5.75 Å². The van der Waals surface area contributed by atoms with Crippen LogP contribution in [0, 0.1) is 5.82 Å². The Kier molecular flexibility index (Phi) is 7.14. The molecule has 2 unspecified atom stereocenters. The normalized spacial score (nSPS) is 18.7. The van der Waals surface area contributed by atoms with Crippen LogP contribution in [0.2, 0.25) is 0 Å². The molecule has 2 N–H and O–H groups in total. The molecule has 0 saturated carbocycles. The van der Waals surface area contributed by atoms with Gasteiger partial charge >= 0.3 is 0 Å². The van der Waals surface area contributed by atoms with Gasteiger partial charge in [0.2, 0.25) is 10.0 Å². The zero-order valence-corrected chi connectivity index (χ0v) is 16.1. The molecule has 0 bridgehead atoms. The molecule has 1 aliphatic rings. The highest BCUT2D eigenvalue weighted by molar-refractivity contribution is 7.89. The molecular formula is C17H24FN3O5S. The first-order valence-corrected chi connectivity index (χ1v) is 10.4. The van der Waals surface area contributed by atoms with Crippen molar-refractivity contribution in [2.45, 2.75) is 45.3 Å². The number of carbonyl (C=O) groups is 2. The second-order valence-electron chi connectivity index (χ2n) is 6.25. The first kappa shape index (κ1) is 21.1. The quantitative estimate of drug-likeness (QED) is 0.662. The van der Waals surface area contributed by atoms with E-state index < -0.39 is 39.8 Å². The second-order valence-corrected chi connectivity index (χ2v) is 8.29. The number of hydrogen-bond donors (Lipinski definition) is 2. The fourth-order valence-electron chi connectivity index (χ4n) is 2.80. The predicted molar refractivity (Wildman–Crippen MR) is 96.6 cm³/mol. The molecule has 2 amide bonds. The molecule has 0 aromatic heterocycles. The van der Waals surface area contributed by atoms with Crippen molar-refractivity contribution in [3.8, 4) is 5.75 Å². The summed E-state index contributed by atoms with van der Waals surface area (Å²) in [6.07, 6.45) is 0.341. The molecule has 1 heterocycles. The minimum Gasteiger partial charge on any atom is -0.478 e. The number of rotatable bonds is 7. The fraction of sp³-hybridized carbons (Fsp3) is 0.529. The number of hydrazine groups is 1. The van der Waals surface area contributed by atoms with E-state index in [9.17, 15) is 22.4 Å². The Hall–Kier alpha value is -2.20. The van der Waals surface area contributed by atoms with E-state index in [1.807, 2.05) is 0 Å². The number of halogens is 1. The first-order valence-electron chi connectivity index (χ1n) is 8.76. The molecule has 1 fully saturated rings. The Bertz CT molecular complexity index is 787. The van der Waals surface area contributed by atoms with Crippen LogP contribution < -0.4 is 15.6 Å². The number of carbonyl (C=O) groups excluding carboxylic acids is 2. The predicted octanol–water partition coefficient (Wildman–Crippen LogP) is 0.945. The van der Waals surface area contributed by atoms with Crippen LogP contribution in [0.15, 0.2) is 24.3 Å². The van der Waals surface area contributed by atoms with Crippen molar-refractivity contribution in [1.82, 2.24) is 15.2 Å². The van der Waals surface area contributed by atoms with E-state index in [1.54, 1.807) is 13.0 Å². The molecular weight excluding hydrogens is 377 g/mol. The maximum Gasteiger partial charge on any atom is 0.279 e. The Morgan fingerprint density at radius 2 is 2.04 bits per heavy atom. The lowest BCUT2D eigenvalue weighted by Gasteiger charge is -2.23. The molecule has 1 aromatic rings. The average Bonchev–Trinajstić information content (AvgIpc) is 3.12. The van der Waals surface area contributed by atoms with Gasteiger partial charge in [0.25, 0.3) is 11.8 Å². The van der Waals surface area contributed by atoms with E-state index >= 15 is 0 Å². The van der Waals surface area contributed by atoms with Gasteiger partial charge in [-0.05, 0) is 38.3 Å². The Morgan fingerprint density at radius 1 is 1.33 bits per heavy atom. The molecule has 2 rings (SSSR count). The summed E-state index contributed by atoms with van der Waals surface area (Å²) in [7, 11) is -3.51. The van der Waals surface area contributed by atoms with Gasteiger partial charge in [0.1, 0.15) is 6.04 Å². The van der Waals surface area contributed by atoms with Crippen molar-refractivity contribution >= 4 is 21.8 Å². The van der Waals surface area contributed by atoms with Gasteiger partial charge in [-0.1, -0.05) is 19.1 Å². The molecule has 1 saturated heterocycles. The van der Waals surface area contributed by atoms with Crippen molar-refractivity contribution < 1.29 is 27.1 Å². The van der Waals surface area contributed by atoms with Gasteiger partial charge in [-0.15, -0.1) is 0 Å². The largest absolute Gasteiger partial charge is 0.478 e. The highest BCUT2D eigenvalue weighted by Gasteiger charge is 2.38. The monoisotopic (exact) mass is 401 g/mol. The number of ether oxygens (including phenoxy) is 1. The van der Waals surface area contributed by atoms with Gasteiger partial charge < -0.3 is 4.74 Å². The van der Waals surface area contributed by atoms with Gasteiger partial charge in [0, 0.05) is 6.54 Å². The number of hydrogen-bond acceptors (Lipinski definition) is 5. The van der Waals surface area contributed by atoms with Crippen LogP contribution in [0.4, 0.5) is 4.39 Å². The summed E-state index contributed by atoms with van der Waals surface area (Å²) in [6.45, 7) is 3.43. The molecule has 0 aliphatic carbocycles. The smallest absolute Gasteiger partial charge is 0.279 e. The lowest BCUT2D eigenvalue weighted by Crippen LogP contribution is -2.53. The summed E-state index contributed by atoms with van der Waals surface area (Å²) in [4.78, 5) is 24.4. The highest BCUT2D eigenvalue weighted by Crippen LogP contribution is 2.22. The number of nitrogens with zero attached hydrogens (tertiary/aromatic N) is 1. The Morgan fingerprint density at radius 3 is 2.70 bits per heavy atom. The van der Waals surface area contributed by atoms with E-state index in [0.29, 0.717) is 19.3 Å². The van der Waals surface area contributed by atoms with E-state index in [2.05, 4.69) is 10.9 Å². The van der Waals surface area contributed by atoms with Crippen LogP contribution in [0.3, 0.4) is 0 Å². The Labute approximate surface area is 158 Å². The van der Waals surface area contributed by atoms with E-state index in [1.165, 1.54) is 29.4 Å². The molecule has 27 heavy (non-hydrogen) atoms. The van der Waals surface area contributed by atoms with Crippen molar-refractivity contribution in [3.63, 3.8) is 0 Å². The number of sulfonamides is 1. The average molecular weight is 401 g/mol. The zero-order chi connectivity index (χ0) is 20.0. The van der Waals surface area contributed by atoms with E-state index in [4.69, 9.17) is 4.74 Å². The summed E-state index contributed by atoms with van der Waals surface area (Å²) < 4.78 is 44.4.